The summed E-state index contributed by atoms with van der Waals surface area (Å²) in [6.45, 7) is 19.0. The molecule has 5 rings (SSSR count). The lowest BCUT2D eigenvalue weighted by atomic mass is 9.92. The molecule has 5 aromatic rings. The second kappa shape index (κ2) is 11.1. The van der Waals surface area contributed by atoms with E-state index < -0.39 is 8.07 Å². The van der Waals surface area contributed by atoms with Gasteiger partial charge in [0.25, 0.3) is 0 Å². The maximum atomic E-state index is 4.88. The number of thiophene rings is 1. The third kappa shape index (κ3) is 5.56. The van der Waals surface area contributed by atoms with Crippen LogP contribution in [0.15, 0.2) is 60.9 Å². The summed E-state index contributed by atoms with van der Waals surface area (Å²) in [7, 11) is -1.68. The predicted octanol–water partition coefficient (Wildman–Crippen LogP) is 10.4. The molecule has 0 bridgehead atoms. The minimum Gasteiger partial charge on any atom is -0.235 e. The van der Waals surface area contributed by atoms with E-state index in [2.05, 4.69) is 110 Å². The van der Waals surface area contributed by atoms with Crippen LogP contribution in [0.1, 0.15) is 66.9 Å². The van der Waals surface area contributed by atoms with E-state index in [4.69, 9.17) is 9.97 Å². The van der Waals surface area contributed by atoms with Gasteiger partial charge in [-0.15, -0.1) is 11.3 Å². The summed E-state index contributed by atoms with van der Waals surface area (Å²) in [5, 5.41) is 5.53. The largest absolute Gasteiger partial charge is 0.235 e. The molecule has 0 amide bonds. The summed E-state index contributed by atoms with van der Waals surface area (Å²) in [6, 6.07) is 24.9. The van der Waals surface area contributed by atoms with E-state index in [1.54, 1.807) is 11.5 Å². The number of nitrogens with zero attached hydrogens (tertiary/aromatic N) is 2. The van der Waals surface area contributed by atoms with Crippen molar-refractivity contribution in [3.8, 4) is 11.3 Å². The molecule has 0 aliphatic heterocycles. The SMILES string of the molecule is CC(C)C[Si](CC(C)C)(CC(C)C)c1ccc2c(c1)sc1c(-c3cc(C(C)C)c4ccccc4c3)ncnc12. The van der Waals surface area contributed by atoms with Gasteiger partial charge in [-0.25, -0.2) is 9.97 Å². The number of hydrogen-bond acceptors (Lipinski definition) is 3. The zero-order valence-corrected chi connectivity index (χ0v) is 26.8. The Morgan fingerprint density at radius 2 is 1.38 bits per heavy atom. The van der Waals surface area contributed by atoms with Gasteiger partial charge in [0.05, 0.1) is 24.0 Å². The molecule has 2 heterocycles. The Balaban J connectivity index is 1.70. The van der Waals surface area contributed by atoms with Crippen LogP contribution < -0.4 is 5.19 Å². The zero-order chi connectivity index (χ0) is 27.9. The first-order valence-electron chi connectivity index (χ1n) is 14.8. The molecular weight excluding hydrogens is 509 g/mol. The number of rotatable bonds is 9. The second-order valence-corrected chi connectivity index (χ2v) is 18.6. The van der Waals surface area contributed by atoms with Crippen LogP contribution in [0.5, 0.6) is 0 Å². The van der Waals surface area contributed by atoms with E-state index in [0.717, 1.165) is 11.2 Å². The second-order valence-electron chi connectivity index (χ2n) is 13.2. The fraction of sp³-hybridized carbons (Fsp3) is 0.429. The van der Waals surface area contributed by atoms with E-state index in [1.807, 2.05) is 11.3 Å². The van der Waals surface area contributed by atoms with E-state index in [-0.39, 0.29) is 0 Å². The topological polar surface area (TPSA) is 25.8 Å². The number of hydrogen-bond donors (Lipinski definition) is 0. The third-order valence-electron chi connectivity index (χ3n) is 8.05. The molecule has 0 radical (unpaired) electrons. The molecule has 204 valence electrons. The Morgan fingerprint density at radius 1 is 0.718 bits per heavy atom. The van der Waals surface area contributed by atoms with Gasteiger partial charge in [-0.1, -0.05) is 115 Å². The van der Waals surface area contributed by atoms with Crippen molar-refractivity contribution >= 4 is 55.7 Å². The minimum atomic E-state index is -1.68. The normalized spacial score (nSPS) is 12.8. The Hall–Kier alpha value is -2.56. The van der Waals surface area contributed by atoms with Crippen LogP contribution in [0.2, 0.25) is 18.1 Å². The van der Waals surface area contributed by atoms with Crippen molar-refractivity contribution in [1.29, 1.82) is 0 Å². The molecule has 0 aliphatic carbocycles. The number of aromatic nitrogens is 2. The average Bonchev–Trinajstić information content (AvgIpc) is 3.24. The molecule has 3 aromatic carbocycles. The maximum Gasteiger partial charge on any atom is 0.116 e. The van der Waals surface area contributed by atoms with Crippen LogP contribution in [0.3, 0.4) is 0 Å². The molecule has 0 unspecified atom stereocenters. The highest BCUT2D eigenvalue weighted by Crippen LogP contribution is 2.40. The molecule has 0 fully saturated rings. The minimum absolute atomic E-state index is 0.443. The van der Waals surface area contributed by atoms with E-state index in [1.165, 1.54) is 54.8 Å². The van der Waals surface area contributed by atoms with Crippen molar-refractivity contribution in [2.24, 2.45) is 17.8 Å². The Morgan fingerprint density at radius 3 is 2.03 bits per heavy atom. The van der Waals surface area contributed by atoms with E-state index in [0.29, 0.717) is 23.7 Å². The first-order chi connectivity index (χ1) is 18.6. The summed E-state index contributed by atoms with van der Waals surface area (Å²) in [6.07, 6.45) is 1.76. The molecule has 2 aromatic heterocycles. The van der Waals surface area contributed by atoms with Crippen LogP contribution in [-0.4, -0.2) is 18.0 Å². The highest BCUT2D eigenvalue weighted by Gasteiger charge is 2.37. The van der Waals surface area contributed by atoms with Gasteiger partial charge in [0.15, 0.2) is 0 Å². The highest BCUT2D eigenvalue weighted by molar-refractivity contribution is 7.26. The highest BCUT2D eigenvalue weighted by atomic mass is 32.1. The molecule has 0 N–H and O–H groups in total. The number of fused-ring (bicyclic) bond motifs is 4. The summed E-state index contributed by atoms with van der Waals surface area (Å²) >= 11 is 1.89. The Bertz CT molecular complexity index is 1590. The fourth-order valence-corrected chi connectivity index (χ4v) is 15.1. The Labute approximate surface area is 239 Å². The monoisotopic (exact) mass is 552 g/mol. The Kier molecular flexibility index (Phi) is 7.99. The van der Waals surface area contributed by atoms with Gasteiger partial charge in [-0.2, -0.15) is 0 Å². The van der Waals surface area contributed by atoms with Gasteiger partial charge < -0.3 is 0 Å². The van der Waals surface area contributed by atoms with Crippen LogP contribution in [0.4, 0.5) is 0 Å². The molecule has 0 atom stereocenters. The maximum absolute atomic E-state index is 4.88. The lowest BCUT2D eigenvalue weighted by Gasteiger charge is -2.37. The first kappa shape index (κ1) is 28.0. The van der Waals surface area contributed by atoms with E-state index >= 15 is 0 Å². The summed E-state index contributed by atoms with van der Waals surface area (Å²) in [4.78, 5) is 9.70. The third-order valence-corrected chi connectivity index (χ3v) is 15.5. The summed E-state index contributed by atoms with van der Waals surface area (Å²) in [5.41, 5.74) is 4.73. The van der Waals surface area contributed by atoms with E-state index in [9.17, 15) is 0 Å². The van der Waals surface area contributed by atoms with Gasteiger partial charge in [-0.05, 0) is 58.2 Å². The molecule has 2 nitrogen and oxygen atoms in total. The smallest absolute Gasteiger partial charge is 0.116 e. The first-order valence-corrected chi connectivity index (χ1v) is 18.2. The summed E-state index contributed by atoms with van der Waals surface area (Å²) < 4.78 is 2.57. The van der Waals surface area contributed by atoms with Crippen LogP contribution in [0.25, 0.3) is 42.3 Å². The van der Waals surface area contributed by atoms with Gasteiger partial charge in [0.1, 0.15) is 6.33 Å². The van der Waals surface area contributed by atoms with Crippen molar-refractivity contribution in [2.75, 3.05) is 0 Å². The molecular formula is C35H44N2SSi. The average molecular weight is 553 g/mol. The van der Waals surface area contributed by atoms with Gasteiger partial charge >= 0.3 is 0 Å². The molecule has 0 aliphatic rings. The summed E-state index contributed by atoms with van der Waals surface area (Å²) in [5.74, 6) is 2.59. The van der Waals surface area contributed by atoms with Crippen molar-refractivity contribution in [3.63, 3.8) is 0 Å². The standard InChI is InChI=1S/C35H44N2SSi/c1-22(2)18-39(19-23(3)4,20-24(5)6)28-13-14-30-32(17-28)38-35-33(36-21-37-34(30)35)27-15-26-11-9-10-12-29(26)31(16-27)25(7)8/h9-17,21-25H,18-20H2,1-8H3. The van der Waals surface area contributed by atoms with Gasteiger partial charge in [-0.3, -0.25) is 0 Å². The molecule has 0 saturated carbocycles. The van der Waals surface area contributed by atoms with Gasteiger partial charge in [0.2, 0.25) is 0 Å². The quantitative estimate of drug-likeness (QED) is 0.170. The lowest BCUT2D eigenvalue weighted by Crippen LogP contribution is -2.50. The van der Waals surface area contributed by atoms with Crippen molar-refractivity contribution in [3.05, 3.63) is 66.5 Å². The van der Waals surface area contributed by atoms with Crippen LogP contribution in [-0.2, 0) is 0 Å². The van der Waals surface area contributed by atoms with Crippen molar-refractivity contribution < 1.29 is 0 Å². The van der Waals surface area contributed by atoms with Crippen LogP contribution in [0, 0.1) is 17.8 Å². The molecule has 0 spiro atoms. The van der Waals surface area contributed by atoms with Crippen molar-refractivity contribution in [1.82, 2.24) is 9.97 Å². The van der Waals surface area contributed by atoms with Crippen LogP contribution >= 0.6 is 11.3 Å². The fourth-order valence-electron chi connectivity index (χ4n) is 7.01. The lowest BCUT2D eigenvalue weighted by molar-refractivity contribution is 0.649. The predicted molar refractivity (Wildman–Crippen MR) is 176 cm³/mol. The zero-order valence-electron chi connectivity index (χ0n) is 25.0. The number of benzene rings is 3. The molecule has 4 heteroatoms. The molecule has 0 saturated heterocycles. The van der Waals surface area contributed by atoms with Gasteiger partial charge in [0, 0.05) is 15.6 Å². The van der Waals surface area contributed by atoms with Crippen molar-refractivity contribution in [2.45, 2.75) is 79.4 Å². The molecule has 39 heavy (non-hydrogen) atoms.